The second-order valence-electron chi connectivity index (χ2n) is 4.93. The minimum Gasteiger partial charge on any atom is -0.493 e. The van der Waals surface area contributed by atoms with Crippen molar-refractivity contribution in [3.63, 3.8) is 0 Å². The molecule has 0 fully saturated rings. The molecule has 3 aromatic rings. The largest absolute Gasteiger partial charge is 0.493 e. The fraction of sp³-hybridized carbons (Fsp3) is 0.0588. The number of nitrogens with zero attached hydrogens (tertiary/aromatic N) is 2. The molecule has 3 rings (SSSR count). The predicted octanol–water partition coefficient (Wildman–Crippen LogP) is 4.03. The first-order chi connectivity index (χ1) is 11.6. The van der Waals surface area contributed by atoms with Crippen LogP contribution in [-0.2, 0) is 0 Å². The van der Waals surface area contributed by atoms with Crippen LogP contribution in [0.25, 0.3) is 5.69 Å². The molecule has 24 heavy (non-hydrogen) atoms. The quantitative estimate of drug-likeness (QED) is 0.732. The van der Waals surface area contributed by atoms with Gasteiger partial charge in [-0.25, -0.2) is 9.07 Å². The topological polar surface area (TPSA) is 56.2 Å². The number of anilines is 1. The van der Waals surface area contributed by atoms with Crippen LogP contribution in [0.3, 0.4) is 0 Å². The Kier molecular flexibility index (Phi) is 4.61. The van der Waals surface area contributed by atoms with Crippen molar-refractivity contribution in [2.45, 2.75) is 0 Å². The first kappa shape index (κ1) is 16.2. The van der Waals surface area contributed by atoms with Crippen LogP contribution < -0.4 is 10.1 Å². The van der Waals surface area contributed by atoms with Crippen LogP contribution in [0.4, 0.5) is 10.1 Å². The van der Waals surface area contributed by atoms with Crippen LogP contribution in [0, 0.1) is 5.82 Å². The Labute approximate surface area is 146 Å². The number of carbonyl (C=O) groups is 1. The molecule has 0 unspecified atom stereocenters. The number of carbonyl (C=O) groups excluding carboxylic acids is 1. The number of amides is 1. The third-order valence-corrected chi connectivity index (χ3v) is 3.78. The van der Waals surface area contributed by atoms with Crippen molar-refractivity contribution >= 4 is 27.5 Å². The van der Waals surface area contributed by atoms with Gasteiger partial charge in [0.1, 0.15) is 5.82 Å². The van der Waals surface area contributed by atoms with Crippen LogP contribution in [0.1, 0.15) is 10.5 Å². The molecule has 0 atom stereocenters. The molecule has 0 saturated carbocycles. The zero-order valence-corrected chi connectivity index (χ0v) is 14.2. The van der Waals surface area contributed by atoms with Gasteiger partial charge >= 0.3 is 0 Å². The number of hydrogen-bond donors (Lipinski definition) is 1. The molecular formula is C17H13BrFN3O2. The van der Waals surface area contributed by atoms with Crippen molar-refractivity contribution in [1.29, 1.82) is 0 Å². The normalized spacial score (nSPS) is 10.5. The van der Waals surface area contributed by atoms with Gasteiger partial charge in [-0.1, -0.05) is 22.0 Å². The van der Waals surface area contributed by atoms with Crippen LogP contribution >= 0.6 is 15.9 Å². The number of rotatable bonds is 4. The van der Waals surface area contributed by atoms with Gasteiger partial charge in [-0.15, -0.1) is 0 Å². The summed E-state index contributed by atoms with van der Waals surface area (Å²) in [7, 11) is 1.46. The lowest BCUT2D eigenvalue weighted by Gasteiger charge is -2.04. The summed E-state index contributed by atoms with van der Waals surface area (Å²) in [5, 5.41) is 7.01. The van der Waals surface area contributed by atoms with Gasteiger partial charge in [0.15, 0.2) is 11.4 Å². The number of nitrogens with one attached hydrogen (secondary N) is 1. The molecule has 1 N–H and O–H groups in total. The van der Waals surface area contributed by atoms with Gasteiger partial charge in [0, 0.05) is 10.2 Å². The van der Waals surface area contributed by atoms with E-state index in [1.54, 1.807) is 30.5 Å². The molecule has 122 valence electrons. The Balaban J connectivity index is 1.89. The zero-order valence-electron chi connectivity index (χ0n) is 12.7. The highest BCUT2D eigenvalue weighted by atomic mass is 79.9. The summed E-state index contributed by atoms with van der Waals surface area (Å²) in [6, 6.07) is 13.0. The molecule has 0 saturated heterocycles. The fourth-order valence-electron chi connectivity index (χ4n) is 2.15. The Hall–Kier alpha value is -2.67. The van der Waals surface area contributed by atoms with Crippen LogP contribution in [-0.4, -0.2) is 22.8 Å². The maximum Gasteiger partial charge on any atom is 0.280 e. The van der Waals surface area contributed by atoms with Gasteiger partial charge in [0.05, 0.1) is 19.0 Å². The number of hydrogen-bond acceptors (Lipinski definition) is 3. The van der Waals surface area contributed by atoms with Crippen molar-refractivity contribution in [2.24, 2.45) is 0 Å². The summed E-state index contributed by atoms with van der Waals surface area (Å²) in [5.41, 5.74) is 1.39. The number of methoxy groups -OCH3 is 1. The van der Waals surface area contributed by atoms with E-state index < -0.39 is 5.91 Å². The standard InChI is InChI=1S/C17H13BrFN3O2/c1-24-15-10-22(14-7-5-12(19)6-8-14)21-16(15)17(23)20-13-4-2-3-11(18)9-13/h2-10H,1H3,(H,20,23). The van der Waals surface area contributed by atoms with Crippen molar-refractivity contribution in [2.75, 3.05) is 12.4 Å². The van der Waals surface area contributed by atoms with Crippen LogP contribution in [0.15, 0.2) is 59.2 Å². The van der Waals surface area contributed by atoms with Gasteiger partial charge in [0.2, 0.25) is 0 Å². The number of halogens is 2. The number of ether oxygens (including phenoxy) is 1. The van der Waals surface area contributed by atoms with E-state index in [0.717, 1.165) is 4.47 Å². The van der Waals surface area contributed by atoms with Gasteiger partial charge in [-0.05, 0) is 42.5 Å². The van der Waals surface area contributed by atoms with E-state index in [0.29, 0.717) is 17.1 Å². The minimum absolute atomic E-state index is 0.141. The monoisotopic (exact) mass is 389 g/mol. The molecule has 0 aliphatic carbocycles. The molecule has 2 aromatic carbocycles. The van der Waals surface area contributed by atoms with Gasteiger partial charge < -0.3 is 10.1 Å². The van der Waals surface area contributed by atoms with Crippen molar-refractivity contribution < 1.29 is 13.9 Å². The van der Waals surface area contributed by atoms with Gasteiger partial charge in [-0.2, -0.15) is 5.10 Å². The molecule has 0 bridgehead atoms. The average Bonchev–Trinajstić information content (AvgIpc) is 3.00. The van der Waals surface area contributed by atoms with E-state index in [9.17, 15) is 9.18 Å². The molecule has 7 heteroatoms. The van der Waals surface area contributed by atoms with E-state index in [4.69, 9.17) is 4.74 Å². The molecule has 5 nitrogen and oxygen atoms in total. The molecule has 1 aromatic heterocycles. The second-order valence-corrected chi connectivity index (χ2v) is 5.85. The molecule has 0 radical (unpaired) electrons. The third-order valence-electron chi connectivity index (χ3n) is 3.29. The smallest absolute Gasteiger partial charge is 0.280 e. The summed E-state index contributed by atoms with van der Waals surface area (Å²) < 4.78 is 20.6. The van der Waals surface area contributed by atoms with E-state index >= 15 is 0 Å². The molecule has 0 aliphatic rings. The molecule has 1 amide bonds. The predicted molar refractivity (Wildman–Crippen MR) is 92.2 cm³/mol. The Morgan fingerprint density at radius 1 is 1.25 bits per heavy atom. The summed E-state index contributed by atoms with van der Waals surface area (Å²) in [6.07, 6.45) is 1.57. The maximum absolute atomic E-state index is 13.0. The number of benzene rings is 2. The Morgan fingerprint density at radius 2 is 2.00 bits per heavy atom. The summed E-state index contributed by atoms with van der Waals surface area (Å²) >= 11 is 3.35. The van der Waals surface area contributed by atoms with E-state index in [1.165, 1.54) is 23.9 Å². The third kappa shape index (κ3) is 3.46. The lowest BCUT2D eigenvalue weighted by molar-refractivity contribution is 0.101. The first-order valence-electron chi connectivity index (χ1n) is 7.03. The van der Waals surface area contributed by atoms with Crippen LogP contribution in [0.2, 0.25) is 0 Å². The molecule has 0 spiro atoms. The van der Waals surface area contributed by atoms with E-state index in [2.05, 4.69) is 26.3 Å². The minimum atomic E-state index is -0.397. The lowest BCUT2D eigenvalue weighted by Crippen LogP contribution is -2.14. The van der Waals surface area contributed by atoms with E-state index in [1.807, 2.05) is 12.1 Å². The Morgan fingerprint density at radius 3 is 2.67 bits per heavy atom. The zero-order chi connectivity index (χ0) is 17.1. The molecule has 1 heterocycles. The molecular weight excluding hydrogens is 377 g/mol. The first-order valence-corrected chi connectivity index (χ1v) is 7.82. The van der Waals surface area contributed by atoms with Crippen molar-refractivity contribution in [1.82, 2.24) is 9.78 Å². The van der Waals surface area contributed by atoms with Gasteiger partial charge in [0.25, 0.3) is 5.91 Å². The fourth-order valence-corrected chi connectivity index (χ4v) is 2.55. The molecule has 0 aliphatic heterocycles. The second kappa shape index (κ2) is 6.84. The summed E-state index contributed by atoms with van der Waals surface area (Å²) in [4.78, 5) is 12.5. The van der Waals surface area contributed by atoms with E-state index in [-0.39, 0.29) is 11.5 Å². The van der Waals surface area contributed by atoms with Crippen LogP contribution in [0.5, 0.6) is 5.75 Å². The lowest BCUT2D eigenvalue weighted by atomic mass is 10.3. The SMILES string of the molecule is COc1cn(-c2ccc(F)cc2)nc1C(=O)Nc1cccc(Br)c1. The van der Waals surface area contributed by atoms with Gasteiger partial charge in [-0.3, -0.25) is 4.79 Å². The maximum atomic E-state index is 13.0. The van der Waals surface area contributed by atoms with Crippen molar-refractivity contribution in [3.05, 3.63) is 70.7 Å². The summed E-state index contributed by atoms with van der Waals surface area (Å²) in [6.45, 7) is 0. The highest BCUT2D eigenvalue weighted by Crippen LogP contribution is 2.22. The average molecular weight is 390 g/mol. The highest BCUT2D eigenvalue weighted by Gasteiger charge is 2.18. The number of aromatic nitrogens is 2. The summed E-state index contributed by atoms with van der Waals surface area (Å²) in [5.74, 6) is -0.414. The Bertz CT molecular complexity index is 878. The highest BCUT2D eigenvalue weighted by molar-refractivity contribution is 9.10. The van der Waals surface area contributed by atoms with Crippen molar-refractivity contribution in [3.8, 4) is 11.4 Å².